The number of rotatable bonds is 7. The first kappa shape index (κ1) is 25.7. The molecule has 0 bridgehead atoms. The third kappa shape index (κ3) is 5.23. The number of carboxylic acid groups (broad SMARTS) is 1. The van der Waals surface area contributed by atoms with Crippen molar-refractivity contribution in [2.75, 3.05) is 13.1 Å². The highest BCUT2D eigenvalue weighted by Gasteiger charge is 2.29. The summed E-state index contributed by atoms with van der Waals surface area (Å²) in [5.74, 6) is -0.194. The number of carboxylic acids is 1. The first-order valence-corrected chi connectivity index (χ1v) is 12.0. The Morgan fingerprint density at radius 1 is 1.03 bits per heavy atom. The largest absolute Gasteiger partial charge is 0.489 e. The molecule has 0 aromatic heterocycles. The summed E-state index contributed by atoms with van der Waals surface area (Å²) < 4.78 is 20.4. The van der Waals surface area contributed by atoms with Gasteiger partial charge in [-0.15, -0.1) is 12.4 Å². The standard InChI is InChI=1S/C30H28FNO3.ClH/c1-19-10-11-21(16-26(19)30(33)34)27-17-22(35-29-9-5-4-8-25(27)29)18-32-15-14-20-12-13-28(31)24-7-3-2-6-23(20)24;/h2-13,16,22,27,32H,14-15,17-18H2,1H3,(H,33,34);1H/t22-,27+;/m1./s1. The maximum Gasteiger partial charge on any atom is 0.335 e. The molecule has 4 aromatic carbocycles. The van der Waals surface area contributed by atoms with Crippen LogP contribution in [0.2, 0.25) is 0 Å². The molecule has 0 saturated heterocycles. The summed E-state index contributed by atoms with van der Waals surface area (Å²) in [7, 11) is 0. The van der Waals surface area contributed by atoms with Crippen LogP contribution in [0.4, 0.5) is 4.39 Å². The Labute approximate surface area is 216 Å². The van der Waals surface area contributed by atoms with Gasteiger partial charge in [-0.25, -0.2) is 9.18 Å². The van der Waals surface area contributed by atoms with Crippen LogP contribution in [-0.4, -0.2) is 30.3 Å². The van der Waals surface area contributed by atoms with Gasteiger partial charge in [-0.3, -0.25) is 0 Å². The Morgan fingerprint density at radius 3 is 2.58 bits per heavy atom. The van der Waals surface area contributed by atoms with Gasteiger partial charge in [-0.1, -0.05) is 60.7 Å². The molecule has 2 N–H and O–H groups in total. The Bertz CT molecular complexity index is 1390. The maximum atomic E-state index is 14.1. The van der Waals surface area contributed by atoms with Crippen LogP contribution in [0.5, 0.6) is 5.75 Å². The van der Waals surface area contributed by atoms with Gasteiger partial charge in [0.25, 0.3) is 0 Å². The zero-order valence-corrected chi connectivity index (χ0v) is 20.9. The highest BCUT2D eigenvalue weighted by atomic mass is 35.5. The van der Waals surface area contributed by atoms with Gasteiger partial charge in [0.05, 0.1) is 5.56 Å². The van der Waals surface area contributed by atoms with Crippen LogP contribution in [0.1, 0.15) is 45.0 Å². The molecule has 5 rings (SSSR count). The fourth-order valence-corrected chi connectivity index (χ4v) is 5.05. The van der Waals surface area contributed by atoms with E-state index in [-0.39, 0.29) is 30.2 Å². The van der Waals surface area contributed by atoms with Crippen LogP contribution in [-0.2, 0) is 6.42 Å². The minimum Gasteiger partial charge on any atom is -0.489 e. The molecule has 1 aliphatic heterocycles. The molecule has 1 heterocycles. The molecule has 36 heavy (non-hydrogen) atoms. The first-order valence-electron chi connectivity index (χ1n) is 12.0. The quantitative estimate of drug-likeness (QED) is 0.281. The van der Waals surface area contributed by atoms with Crippen molar-refractivity contribution in [1.29, 1.82) is 0 Å². The van der Waals surface area contributed by atoms with E-state index >= 15 is 0 Å². The SMILES string of the molecule is Cc1ccc([C@@H]2C[C@H](CNCCc3ccc(F)c4ccccc34)Oc3ccccc32)cc1C(=O)O.Cl. The van der Waals surface area contributed by atoms with E-state index in [1.54, 1.807) is 6.07 Å². The molecule has 1 aliphatic rings. The summed E-state index contributed by atoms with van der Waals surface area (Å²) in [5, 5.41) is 14.7. The monoisotopic (exact) mass is 505 g/mol. The van der Waals surface area contributed by atoms with E-state index in [1.165, 1.54) is 6.07 Å². The van der Waals surface area contributed by atoms with Gasteiger partial charge >= 0.3 is 5.97 Å². The number of nitrogens with one attached hydrogen (secondary N) is 1. The minimum atomic E-state index is -0.906. The molecular weight excluding hydrogens is 477 g/mol. The molecule has 186 valence electrons. The molecule has 0 aliphatic carbocycles. The van der Waals surface area contributed by atoms with Crippen LogP contribution in [0, 0.1) is 12.7 Å². The zero-order chi connectivity index (χ0) is 24.4. The molecule has 4 aromatic rings. The van der Waals surface area contributed by atoms with Gasteiger partial charge in [-0.2, -0.15) is 0 Å². The Hall–Kier alpha value is -3.41. The van der Waals surface area contributed by atoms with E-state index in [1.807, 2.05) is 67.6 Å². The highest BCUT2D eigenvalue weighted by Crippen LogP contribution is 2.40. The van der Waals surface area contributed by atoms with Crippen molar-refractivity contribution in [3.63, 3.8) is 0 Å². The van der Waals surface area contributed by atoms with Gasteiger partial charge in [-0.05, 0) is 66.6 Å². The Kier molecular flexibility index (Phi) is 7.92. The molecule has 6 heteroatoms. The topological polar surface area (TPSA) is 58.6 Å². The lowest BCUT2D eigenvalue weighted by molar-refractivity contribution is 0.0696. The average molecular weight is 506 g/mol. The number of fused-ring (bicyclic) bond motifs is 2. The van der Waals surface area contributed by atoms with E-state index in [2.05, 4.69) is 11.4 Å². The van der Waals surface area contributed by atoms with E-state index in [0.717, 1.165) is 52.8 Å². The zero-order valence-electron chi connectivity index (χ0n) is 20.0. The smallest absolute Gasteiger partial charge is 0.335 e. The van der Waals surface area contributed by atoms with Gasteiger partial charge in [0, 0.05) is 23.4 Å². The van der Waals surface area contributed by atoms with Crippen molar-refractivity contribution >= 4 is 29.1 Å². The van der Waals surface area contributed by atoms with Crippen molar-refractivity contribution in [3.8, 4) is 5.75 Å². The van der Waals surface area contributed by atoms with Crippen molar-refractivity contribution in [3.05, 3.63) is 112 Å². The first-order chi connectivity index (χ1) is 17.0. The summed E-state index contributed by atoms with van der Waals surface area (Å²) in [6.07, 6.45) is 1.49. The molecule has 4 nitrogen and oxygen atoms in total. The molecule has 0 saturated carbocycles. The van der Waals surface area contributed by atoms with Crippen LogP contribution in [0.15, 0.2) is 78.9 Å². The summed E-state index contributed by atoms with van der Waals surface area (Å²) in [5.41, 5.74) is 4.29. The average Bonchev–Trinajstić information content (AvgIpc) is 2.87. The van der Waals surface area contributed by atoms with Crippen molar-refractivity contribution in [2.24, 2.45) is 0 Å². The highest BCUT2D eigenvalue weighted by molar-refractivity contribution is 5.89. The number of aromatic carboxylic acids is 1. The summed E-state index contributed by atoms with van der Waals surface area (Å²) >= 11 is 0. The normalized spacial score (nSPS) is 16.6. The van der Waals surface area contributed by atoms with Crippen LogP contribution in [0.3, 0.4) is 0 Å². The predicted octanol–water partition coefficient (Wildman–Crippen LogP) is 6.52. The maximum absolute atomic E-state index is 14.1. The lowest BCUT2D eigenvalue weighted by Crippen LogP contribution is -2.36. The van der Waals surface area contributed by atoms with Crippen LogP contribution in [0.25, 0.3) is 10.8 Å². The number of benzene rings is 4. The second kappa shape index (κ2) is 11.1. The fourth-order valence-electron chi connectivity index (χ4n) is 5.05. The fraction of sp³-hybridized carbons (Fsp3) is 0.233. The minimum absolute atomic E-state index is 0. The predicted molar refractivity (Wildman–Crippen MR) is 143 cm³/mol. The molecular formula is C30H29ClFNO3. The second-order valence-corrected chi connectivity index (χ2v) is 9.15. The van der Waals surface area contributed by atoms with E-state index < -0.39 is 5.97 Å². The summed E-state index contributed by atoms with van der Waals surface area (Å²) in [4.78, 5) is 11.7. The van der Waals surface area contributed by atoms with E-state index in [9.17, 15) is 14.3 Å². The van der Waals surface area contributed by atoms with Crippen molar-refractivity contribution in [1.82, 2.24) is 5.32 Å². The van der Waals surface area contributed by atoms with E-state index in [0.29, 0.717) is 17.5 Å². The van der Waals surface area contributed by atoms with Crippen LogP contribution < -0.4 is 10.1 Å². The molecule has 2 atom stereocenters. The Balaban J connectivity index is 0.00000304. The molecule has 0 amide bonds. The second-order valence-electron chi connectivity index (χ2n) is 9.15. The number of carbonyl (C=O) groups is 1. The van der Waals surface area contributed by atoms with Crippen molar-refractivity contribution < 1.29 is 19.0 Å². The molecule has 0 fully saturated rings. The third-order valence-corrected chi connectivity index (χ3v) is 6.89. The molecule has 0 radical (unpaired) electrons. The number of ether oxygens (including phenoxy) is 1. The van der Waals surface area contributed by atoms with Gasteiger partial charge in [0.1, 0.15) is 17.7 Å². The number of aryl methyl sites for hydroxylation is 1. The number of hydrogen-bond acceptors (Lipinski definition) is 3. The van der Waals surface area contributed by atoms with Crippen LogP contribution >= 0.6 is 12.4 Å². The number of para-hydroxylation sites is 1. The van der Waals surface area contributed by atoms with Gasteiger partial charge in [0.15, 0.2) is 0 Å². The number of halogens is 2. The molecule has 0 spiro atoms. The number of hydrogen-bond donors (Lipinski definition) is 2. The van der Waals surface area contributed by atoms with Crippen molar-refractivity contribution in [2.45, 2.75) is 31.8 Å². The lowest BCUT2D eigenvalue weighted by Gasteiger charge is -2.33. The summed E-state index contributed by atoms with van der Waals surface area (Å²) in [6, 6.07) is 24.7. The van der Waals surface area contributed by atoms with Gasteiger partial charge in [0.2, 0.25) is 0 Å². The Morgan fingerprint density at radius 2 is 1.78 bits per heavy atom. The summed E-state index contributed by atoms with van der Waals surface area (Å²) in [6.45, 7) is 3.24. The third-order valence-electron chi connectivity index (χ3n) is 6.89. The lowest BCUT2D eigenvalue weighted by atomic mass is 9.83. The van der Waals surface area contributed by atoms with Gasteiger partial charge < -0.3 is 15.2 Å². The van der Waals surface area contributed by atoms with E-state index in [4.69, 9.17) is 4.74 Å². The molecule has 0 unspecified atom stereocenters.